The van der Waals surface area contributed by atoms with Gasteiger partial charge in [-0.05, 0) is 65.4 Å². The van der Waals surface area contributed by atoms with E-state index in [4.69, 9.17) is 18.9 Å². The Labute approximate surface area is 210 Å². The van der Waals surface area contributed by atoms with Crippen LogP contribution in [0.25, 0.3) is 10.8 Å². The number of ether oxygens (including phenoxy) is 4. The molecule has 3 aromatic carbocycles. The van der Waals surface area contributed by atoms with Crippen molar-refractivity contribution in [3.63, 3.8) is 0 Å². The van der Waals surface area contributed by atoms with E-state index in [2.05, 4.69) is 11.4 Å². The molecule has 36 heavy (non-hydrogen) atoms. The van der Waals surface area contributed by atoms with Gasteiger partial charge in [0.2, 0.25) is 6.79 Å². The predicted molar refractivity (Wildman–Crippen MR) is 135 cm³/mol. The fourth-order valence-electron chi connectivity index (χ4n) is 4.69. The van der Waals surface area contributed by atoms with Crippen molar-refractivity contribution in [1.29, 1.82) is 0 Å². The molecule has 3 aromatic rings. The van der Waals surface area contributed by atoms with Crippen LogP contribution in [0.1, 0.15) is 42.7 Å². The lowest BCUT2D eigenvalue weighted by Gasteiger charge is -2.19. The Balaban J connectivity index is 1.36. The molecule has 2 unspecified atom stereocenters. The molecule has 0 spiro atoms. The van der Waals surface area contributed by atoms with Gasteiger partial charge in [-0.2, -0.15) is 0 Å². The van der Waals surface area contributed by atoms with E-state index in [1.807, 2.05) is 60.7 Å². The number of benzene rings is 3. The Morgan fingerprint density at radius 3 is 2.64 bits per heavy atom. The molecule has 0 aromatic heterocycles. The molecule has 1 amide bonds. The van der Waals surface area contributed by atoms with Gasteiger partial charge in [0, 0.05) is 12.0 Å². The van der Waals surface area contributed by atoms with Crippen molar-refractivity contribution in [2.45, 2.75) is 37.6 Å². The molecule has 0 saturated carbocycles. The highest BCUT2D eigenvalue weighted by Crippen LogP contribution is 2.38. The van der Waals surface area contributed by atoms with E-state index in [1.54, 1.807) is 0 Å². The third kappa shape index (κ3) is 5.46. The maximum Gasteiger partial charge on any atom is 0.306 e. The van der Waals surface area contributed by atoms with Crippen LogP contribution >= 0.6 is 0 Å². The monoisotopic (exact) mass is 487 g/mol. The molecule has 0 fully saturated rings. The topological polar surface area (TPSA) is 83.1 Å². The molecular weight excluding hydrogens is 458 g/mol. The second-order valence-corrected chi connectivity index (χ2v) is 9.04. The molecule has 2 atom stereocenters. The van der Waals surface area contributed by atoms with Gasteiger partial charge >= 0.3 is 5.97 Å². The van der Waals surface area contributed by atoms with Gasteiger partial charge in [0.05, 0.1) is 13.5 Å². The van der Waals surface area contributed by atoms with Gasteiger partial charge in [0.25, 0.3) is 5.91 Å². The van der Waals surface area contributed by atoms with Gasteiger partial charge in [0.15, 0.2) is 18.1 Å². The van der Waals surface area contributed by atoms with Crippen LogP contribution in [0.4, 0.5) is 0 Å². The van der Waals surface area contributed by atoms with Crippen LogP contribution in [0.2, 0.25) is 0 Å². The van der Waals surface area contributed by atoms with Crippen molar-refractivity contribution in [1.82, 2.24) is 5.32 Å². The largest absolute Gasteiger partial charge is 0.484 e. The highest BCUT2D eigenvalue weighted by Gasteiger charge is 2.23. The minimum Gasteiger partial charge on any atom is -0.484 e. The summed E-state index contributed by atoms with van der Waals surface area (Å²) in [5, 5.41) is 4.98. The van der Waals surface area contributed by atoms with E-state index in [0.29, 0.717) is 17.2 Å². The lowest BCUT2D eigenvalue weighted by molar-refractivity contribution is -0.140. The molecule has 0 radical (unpaired) electrons. The fourth-order valence-corrected chi connectivity index (χ4v) is 4.69. The third-order valence-corrected chi connectivity index (χ3v) is 6.61. The summed E-state index contributed by atoms with van der Waals surface area (Å²) in [5.41, 5.74) is 1.90. The van der Waals surface area contributed by atoms with Crippen LogP contribution in [0.15, 0.2) is 66.7 Å². The van der Waals surface area contributed by atoms with Crippen LogP contribution in [-0.4, -0.2) is 38.4 Å². The summed E-state index contributed by atoms with van der Waals surface area (Å²) in [4.78, 5) is 24.6. The van der Waals surface area contributed by atoms with Crippen molar-refractivity contribution < 1.29 is 28.5 Å². The minimum atomic E-state index is -0.298. The van der Waals surface area contributed by atoms with E-state index in [0.717, 1.165) is 41.2 Å². The molecule has 186 valence electrons. The quantitative estimate of drug-likeness (QED) is 0.361. The summed E-state index contributed by atoms with van der Waals surface area (Å²) in [6, 6.07) is 17.6. The first-order chi connectivity index (χ1) is 17.6. The molecule has 0 bridgehead atoms. The second kappa shape index (κ2) is 10.7. The van der Waals surface area contributed by atoms with E-state index in [1.165, 1.54) is 7.11 Å². The maximum atomic E-state index is 12.3. The number of carbonyl (C=O) groups excluding carboxylic acids is 2. The van der Waals surface area contributed by atoms with Crippen molar-refractivity contribution >= 4 is 22.6 Å². The lowest BCUT2D eigenvalue weighted by atomic mass is 9.87. The zero-order valence-corrected chi connectivity index (χ0v) is 20.2. The average molecular weight is 488 g/mol. The van der Waals surface area contributed by atoms with Crippen LogP contribution in [-0.2, 0) is 14.3 Å². The average Bonchev–Trinajstić information content (AvgIpc) is 3.38. The molecule has 1 heterocycles. The van der Waals surface area contributed by atoms with E-state index >= 15 is 0 Å². The summed E-state index contributed by atoms with van der Waals surface area (Å²) < 4.78 is 21.7. The first-order valence-electron chi connectivity index (χ1n) is 12.2. The second-order valence-electron chi connectivity index (χ2n) is 9.04. The number of carbonyl (C=O) groups is 2. The highest BCUT2D eigenvalue weighted by molar-refractivity contribution is 5.85. The molecule has 7 nitrogen and oxygen atoms in total. The molecule has 5 rings (SSSR count). The smallest absolute Gasteiger partial charge is 0.306 e. The standard InChI is InChI=1S/C29H29NO6/c1-33-29(32)16-25(21-10-12-26-27(15-21)36-18-35-26)20-8-7-19-9-11-24(14-22(19)13-20)34-17-28(31)30-23-5-3-2-4-6-23/h3,5,7-15,23,25H,2,4,6,16-18H2,1H3,(H,30,31). The first kappa shape index (κ1) is 23.7. The van der Waals surface area contributed by atoms with Gasteiger partial charge in [-0.25, -0.2) is 0 Å². The molecule has 7 heteroatoms. The van der Waals surface area contributed by atoms with Crippen LogP contribution in [0, 0.1) is 0 Å². The van der Waals surface area contributed by atoms with Gasteiger partial charge < -0.3 is 24.3 Å². The SMILES string of the molecule is COC(=O)CC(c1ccc2c(c1)OCO2)c1ccc2ccc(OCC(=O)NC3C=CCCC3)cc2c1. The molecule has 0 saturated heterocycles. The van der Waals surface area contributed by atoms with Crippen molar-refractivity contribution in [2.24, 2.45) is 0 Å². The van der Waals surface area contributed by atoms with E-state index in [-0.39, 0.29) is 43.7 Å². The van der Waals surface area contributed by atoms with Gasteiger partial charge in [-0.3, -0.25) is 9.59 Å². The van der Waals surface area contributed by atoms with Crippen LogP contribution in [0.5, 0.6) is 17.2 Å². The predicted octanol–water partition coefficient (Wildman–Crippen LogP) is 4.87. The zero-order valence-electron chi connectivity index (χ0n) is 20.2. The van der Waals surface area contributed by atoms with Gasteiger partial charge in [0.1, 0.15) is 5.75 Å². The van der Waals surface area contributed by atoms with E-state index in [9.17, 15) is 9.59 Å². The Morgan fingerprint density at radius 1 is 1.00 bits per heavy atom. The molecule has 1 aliphatic heterocycles. The summed E-state index contributed by atoms with van der Waals surface area (Å²) in [6.45, 7) is 0.145. The molecule has 1 N–H and O–H groups in total. The van der Waals surface area contributed by atoms with Gasteiger partial charge in [-0.1, -0.05) is 42.5 Å². The molecule has 1 aliphatic carbocycles. The summed E-state index contributed by atoms with van der Waals surface area (Å²) in [7, 11) is 1.39. The molecular formula is C29H29NO6. The van der Waals surface area contributed by atoms with Gasteiger partial charge in [-0.15, -0.1) is 0 Å². The van der Waals surface area contributed by atoms with Crippen molar-refractivity contribution in [3.05, 3.63) is 77.9 Å². The number of esters is 1. The Kier molecular flexibility index (Phi) is 7.07. The van der Waals surface area contributed by atoms with Crippen molar-refractivity contribution in [3.8, 4) is 17.2 Å². The van der Waals surface area contributed by atoms with Crippen LogP contribution in [0.3, 0.4) is 0 Å². The number of hydrogen-bond donors (Lipinski definition) is 1. The highest BCUT2D eigenvalue weighted by atomic mass is 16.7. The van der Waals surface area contributed by atoms with Crippen molar-refractivity contribution in [2.75, 3.05) is 20.5 Å². The summed E-state index contributed by atoms with van der Waals surface area (Å²) in [5.74, 6) is 1.31. The number of nitrogens with one attached hydrogen (secondary N) is 1. The number of rotatable bonds is 8. The summed E-state index contributed by atoms with van der Waals surface area (Å²) >= 11 is 0. The van der Waals surface area contributed by atoms with E-state index < -0.39 is 0 Å². The Hall–Kier alpha value is -4.00. The summed E-state index contributed by atoms with van der Waals surface area (Å²) in [6.07, 6.45) is 7.44. The Bertz CT molecular complexity index is 1300. The number of methoxy groups -OCH3 is 1. The van der Waals surface area contributed by atoms with Crippen LogP contribution < -0.4 is 19.5 Å². The number of amides is 1. The normalized spacial score (nSPS) is 17.0. The number of fused-ring (bicyclic) bond motifs is 2. The first-order valence-corrected chi connectivity index (χ1v) is 12.2. The zero-order chi connectivity index (χ0) is 24.9. The number of allylic oxidation sites excluding steroid dienone is 1. The minimum absolute atomic E-state index is 0.0439. The fraction of sp³-hybridized carbons (Fsp3) is 0.310. The maximum absolute atomic E-state index is 12.3. The number of hydrogen-bond acceptors (Lipinski definition) is 6. The third-order valence-electron chi connectivity index (χ3n) is 6.61. The lowest BCUT2D eigenvalue weighted by Crippen LogP contribution is -2.37. The molecule has 2 aliphatic rings. The Morgan fingerprint density at radius 2 is 1.81 bits per heavy atom.